The second-order valence-electron chi connectivity index (χ2n) is 6.52. The predicted octanol–water partition coefficient (Wildman–Crippen LogP) is 3.19. The molecular formula is C19H24N6S. The molecule has 4 N–H and O–H groups in total. The number of hydrogen-bond donors (Lipinski definition) is 3. The van der Waals surface area contributed by atoms with Crippen LogP contribution in [0.2, 0.25) is 0 Å². The molecule has 136 valence electrons. The van der Waals surface area contributed by atoms with E-state index in [1.54, 1.807) is 11.3 Å². The maximum absolute atomic E-state index is 5.63. The van der Waals surface area contributed by atoms with Gasteiger partial charge >= 0.3 is 0 Å². The van der Waals surface area contributed by atoms with Crippen molar-refractivity contribution < 1.29 is 0 Å². The van der Waals surface area contributed by atoms with E-state index in [1.165, 1.54) is 16.1 Å². The molecule has 0 bridgehead atoms. The Bertz CT molecular complexity index is 906. The molecule has 0 unspecified atom stereocenters. The second kappa shape index (κ2) is 7.47. The number of fused-ring (bicyclic) bond motifs is 2. The highest BCUT2D eigenvalue weighted by Crippen LogP contribution is 2.32. The van der Waals surface area contributed by atoms with E-state index in [0.717, 1.165) is 54.6 Å². The minimum absolute atomic E-state index is 0.673. The molecule has 0 saturated heterocycles. The van der Waals surface area contributed by atoms with E-state index in [1.807, 2.05) is 0 Å². The number of aromatic nitrogens is 2. The summed E-state index contributed by atoms with van der Waals surface area (Å²) < 4.78 is 1.12. The first-order chi connectivity index (χ1) is 12.7. The first kappa shape index (κ1) is 17.1. The molecule has 0 radical (unpaired) electrons. The van der Waals surface area contributed by atoms with E-state index in [0.29, 0.717) is 6.54 Å². The summed E-state index contributed by atoms with van der Waals surface area (Å²) in [6.45, 7) is 6.15. The monoisotopic (exact) mass is 368 g/mol. The summed E-state index contributed by atoms with van der Waals surface area (Å²) in [4.78, 5) is 13.2. The van der Waals surface area contributed by atoms with E-state index in [9.17, 15) is 0 Å². The second-order valence-corrected chi connectivity index (χ2v) is 7.77. The predicted molar refractivity (Wildman–Crippen MR) is 110 cm³/mol. The molecule has 3 aromatic rings. The molecular weight excluding hydrogens is 344 g/mol. The lowest BCUT2D eigenvalue weighted by Gasteiger charge is -2.21. The number of thiophene rings is 1. The van der Waals surface area contributed by atoms with Gasteiger partial charge in [0.2, 0.25) is 5.95 Å². The van der Waals surface area contributed by atoms with Gasteiger partial charge in [0.25, 0.3) is 0 Å². The van der Waals surface area contributed by atoms with Crippen LogP contribution < -0.4 is 21.3 Å². The molecule has 3 heterocycles. The van der Waals surface area contributed by atoms with E-state index >= 15 is 0 Å². The fourth-order valence-electron chi connectivity index (χ4n) is 3.22. The molecule has 0 aliphatic carbocycles. The lowest BCUT2D eigenvalue weighted by atomic mass is 10.2. The van der Waals surface area contributed by atoms with E-state index in [-0.39, 0.29) is 0 Å². The highest BCUT2D eigenvalue weighted by Gasteiger charge is 2.19. The van der Waals surface area contributed by atoms with Crippen LogP contribution >= 0.6 is 11.3 Å². The Kier molecular flexibility index (Phi) is 4.90. The van der Waals surface area contributed by atoms with Gasteiger partial charge in [-0.05, 0) is 37.6 Å². The molecule has 2 aromatic heterocycles. The van der Waals surface area contributed by atoms with Crippen molar-refractivity contribution in [3.8, 4) is 0 Å². The van der Waals surface area contributed by atoms with Gasteiger partial charge < -0.3 is 21.3 Å². The summed E-state index contributed by atoms with van der Waals surface area (Å²) in [6.07, 6.45) is 0.923. The maximum atomic E-state index is 5.63. The van der Waals surface area contributed by atoms with Crippen LogP contribution in [0.3, 0.4) is 0 Å². The third-order valence-corrected chi connectivity index (χ3v) is 5.56. The average Bonchev–Trinajstić information content (AvgIpc) is 2.89. The summed E-state index contributed by atoms with van der Waals surface area (Å²) >= 11 is 1.74. The van der Waals surface area contributed by atoms with Gasteiger partial charge in [0.15, 0.2) is 0 Å². The molecule has 4 rings (SSSR count). The molecule has 1 aliphatic heterocycles. The maximum Gasteiger partial charge on any atom is 0.228 e. The van der Waals surface area contributed by atoms with Gasteiger partial charge in [0.05, 0.1) is 10.2 Å². The fourth-order valence-corrected chi connectivity index (χ4v) is 4.13. The Balaban J connectivity index is 1.69. The number of aryl methyl sites for hydroxylation is 1. The Morgan fingerprint density at radius 1 is 1.31 bits per heavy atom. The highest BCUT2D eigenvalue weighted by molar-refractivity contribution is 7.19. The molecule has 0 fully saturated rings. The van der Waals surface area contributed by atoms with Gasteiger partial charge in [-0.3, -0.25) is 0 Å². The van der Waals surface area contributed by atoms with Crippen molar-refractivity contribution in [2.45, 2.75) is 19.9 Å². The van der Waals surface area contributed by atoms with Crippen molar-refractivity contribution in [2.75, 3.05) is 41.7 Å². The Morgan fingerprint density at radius 3 is 3.08 bits per heavy atom. The lowest BCUT2D eigenvalue weighted by molar-refractivity contribution is 0.792. The van der Waals surface area contributed by atoms with Crippen LogP contribution in [-0.4, -0.2) is 36.1 Å². The first-order valence-corrected chi connectivity index (χ1v) is 9.85. The van der Waals surface area contributed by atoms with Crippen LogP contribution in [-0.2, 0) is 6.54 Å². The highest BCUT2D eigenvalue weighted by atomic mass is 32.1. The summed E-state index contributed by atoms with van der Waals surface area (Å²) in [7, 11) is 0. The molecule has 26 heavy (non-hydrogen) atoms. The van der Waals surface area contributed by atoms with Gasteiger partial charge in [0, 0.05) is 36.7 Å². The van der Waals surface area contributed by atoms with Gasteiger partial charge in [0.1, 0.15) is 5.82 Å². The SMILES string of the molecule is Cc1cc2nc(N3CCNc4ccccc4C3)nc(NCCCN)c2s1. The zero-order chi connectivity index (χ0) is 17.9. The number of benzene rings is 1. The minimum atomic E-state index is 0.673. The lowest BCUT2D eigenvalue weighted by Crippen LogP contribution is -2.27. The summed E-state index contributed by atoms with van der Waals surface area (Å²) in [5.41, 5.74) is 9.11. The first-order valence-electron chi connectivity index (χ1n) is 9.03. The number of rotatable bonds is 5. The van der Waals surface area contributed by atoms with Gasteiger partial charge in [-0.2, -0.15) is 4.98 Å². The molecule has 1 aromatic carbocycles. The van der Waals surface area contributed by atoms with Crippen molar-refractivity contribution in [1.29, 1.82) is 0 Å². The number of nitrogens with one attached hydrogen (secondary N) is 2. The molecule has 1 aliphatic rings. The van der Waals surface area contributed by atoms with Gasteiger partial charge in [-0.15, -0.1) is 11.3 Å². The van der Waals surface area contributed by atoms with Gasteiger partial charge in [-0.1, -0.05) is 18.2 Å². The fraction of sp³-hybridized carbons (Fsp3) is 0.368. The van der Waals surface area contributed by atoms with E-state index in [2.05, 4.69) is 52.8 Å². The Hall–Kier alpha value is -2.38. The van der Waals surface area contributed by atoms with Crippen LogP contribution in [0.4, 0.5) is 17.5 Å². The van der Waals surface area contributed by atoms with Crippen LogP contribution in [0.1, 0.15) is 16.9 Å². The van der Waals surface area contributed by atoms with Crippen molar-refractivity contribution in [1.82, 2.24) is 9.97 Å². The minimum Gasteiger partial charge on any atom is -0.383 e. The molecule has 0 spiro atoms. The molecule has 7 heteroatoms. The summed E-state index contributed by atoms with van der Waals surface area (Å²) in [5, 5.41) is 6.95. The number of anilines is 3. The van der Waals surface area contributed by atoms with Crippen molar-refractivity contribution in [2.24, 2.45) is 5.73 Å². The standard InChI is InChI=1S/C19H24N6S/c1-13-11-16-17(26-13)18(22-8-4-7-20)24-19(23-16)25-10-9-21-15-6-3-2-5-14(15)12-25/h2-3,5-6,11,21H,4,7-10,12,20H2,1H3,(H,22,23,24). The number of hydrogen-bond acceptors (Lipinski definition) is 7. The zero-order valence-corrected chi connectivity index (χ0v) is 15.8. The van der Waals surface area contributed by atoms with Crippen LogP contribution in [0.5, 0.6) is 0 Å². The zero-order valence-electron chi connectivity index (χ0n) is 15.0. The summed E-state index contributed by atoms with van der Waals surface area (Å²) in [6, 6.07) is 10.6. The quantitative estimate of drug-likeness (QED) is 0.600. The van der Waals surface area contributed by atoms with Crippen LogP contribution in [0, 0.1) is 6.92 Å². The molecule has 6 nitrogen and oxygen atoms in total. The number of nitrogens with zero attached hydrogens (tertiary/aromatic N) is 3. The molecule has 0 saturated carbocycles. The smallest absolute Gasteiger partial charge is 0.228 e. The number of nitrogens with two attached hydrogens (primary N) is 1. The molecule has 0 atom stereocenters. The van der Waals surface area contributed by atoms with E-state index in [4.69, 9.17) is 15.7 Å². The third kappa shape index (κ3) is 3.45. The Morgan fingerprint density at radius 2 is 2.19 bits per heavy atom. The van der Waals surface area contributed by atoms with Crippen LogP contribution in [0.15, 0.2) is 30.3 Å². The van der Waals surface area contributed by atoms with E-state index < -0.39 is 0 Å². The average molecular weight is 369 g/mol. The number of para-hydroxylation sites is 1. The van der Waals surface area contributed by atoms with Crippen molar-refractivity contribution in [3.05, 3.63) is 40.8 Å². The Labute approximate surface area is 157 Å². The van der Waals surface area contributed by atoms with Crippen molar-refractivity contribution >= 4 is 39.0 Å². The normalized spacial score (nSPS) is 14.0. The van der Waals surface area contributed by atoms with Crippen molar-refractivity contribution in [3.63, 3.8) is 0 Å². The van der Waals surface area contributed by atoms with Gasteiger partial charge in [-0.25, -0.2) is 4.98 Å². The third-order valence-electron chi connectivity index (χ3n) is 4.51. The summed E-state index contributed by atoms with van der Waals surface area (Å²) in [5.74, 6) is 1.70. The largest absolute Gasteiger partial charge is 0.383 e. The topological polar surface area (TPSA) is 79.1 Å². The molecule has 0 amide bonds. The van der Waals surface area contributed by atoms with Crippen LogP contribution in [0.25, 0.3) is 10.2 Å².